The summed E-state index contributed by atoms with van der Waals surface area (Å²) in [4.78, 5) is 12.3. The van der Waals surface area contributed by atoms with Gasteiger partial charge in [0.25, 0.3) is 15.9 Å². The van der Waals surface area contributed by atoms with Crippen molar-refractivity contribution in [3.05, 3.63) is 59.2 Å². The van der Waals surface area contributed by atoms with E-state index in [2.05, 4.69) is 23.9 Å². The van der Waals surface area contributed by atoms with Crippen molar-refractivity contribution >= 4 is 21.6 Å². The molecule has 0 aliphatic heterocycles. The zero-order chi connectivity index (χ0) is 20.0. The molecular weight excluding hydrogens is 360 g/mol. The Kier molecular flexibility index (Phi) is 7.02. The lowest BCUT2D eigenvalue weighted by atomic mass is 10.1. The molecule has 0 saturated heterocycles. The van der Waals surface area contributed by atoms with Gasteiger partial charge in [0.1, 0.15) is 0 Å². The van der Waals surface area contributed by atoms with E-state index in [9.17, 15) is 13.2 Å². The van der Waals surface area contributed by atoms with Gasteiger partial charge in [0.15, 0.2) is 0 Å². The van der Waals surface area contributed by atoms with Crippen molar-refractivity contribution in [1.29, 1.82) is 0 Å². The molecule has 6 heteroatoms. The SMILES string of the molecule is CCc1cccc(C)c1NS(=O)(=O)c1ccc(C(=O)NCCC(C)C)cc1. The van der Waals surface area contributed by atoms with Crippen molar-refractivity contribution in [2.45, 2.75) is 45.4 Å². The topological polar surface area (TPSA) is 75.3 Å². The fourth-order valence-electron chi connectivity index (χ4n) is 2.72. The molecule has 0 radical (unpaired) electrons. The van der Waals surface area contributed by atoms with Gasteiger partial charge < -0.3 is 5.32 Å². The first-order valence-electron chi connectivity index (χ1n) is 9.24. The quantitative estimate of drug-likeness (QED) is 0.714. The Hall–Kier alpha value is -2.34. The average Bonchev–Trinajstić information content (AvgIpc) is 2.63. The number of nitrogens with one attached hydrogen (secondary N) is 2. The lowest BCUT2D eigenvalue weighted by Gasteiger charge is -2.14. The van der Waals surface area contributed by atoms with Crippen LogP contribution in [0.5, 0.6) is 0 Å². The molecule has 0 fully saturated rings. The minimum absolute atomic E-state index is 0.131. The van der Waals surface area contributed by atoms with Crippen LogP contribution in [0.3, 0.4) is 0 Å². The van der Waals surface area contributed by atoms with Crippen LogP contribution < -0.4 is 10.0 Å². The molecule has 2 aromatic rings. The second-order valence-corrected chi connectivity index (χ2v) is 8.71. The van der Waals surface area contributed by atoms with Crippen molar-refractivity contribution in [1.82, 2.24) is 5.32 Å². The summed E-state index contributed by atoms with van der Waals surface area (Å²) in [6, 6.07) is 11.7. The normalized spacial score (nSPS) is 11.4. The van der Waals surface area contributed by atoms with Crippen molar-refractivity contribution < 1.29 is 13.2 Å². The van der Waals surface area contributed by atoms with E-state index >= 15 is 0 Å². The number of anilines is 1. The smallest absolute Gasteiger partial charge is 0.261 e. The summed E-state index contributed by atoms with van der Waals surface area (Å²) >= 11 is 0. The standard InChI is InChI=1S/C21H28N2O3S/c1-5-17-8-6-7-16(4)20(17)23-27(25,26)19-11-9-18(10-12-19)21(24)22-14-13-15(2)3/h6-12,15,23H,5,13-14H2,1-4H3,(H,22,24). The number of hydrogen-bond donors (Lipinski definition) is 2. The summed E-state index contributed by atoms with van der Waals surface area (Å²) < 4.78 is 28.2. The van der Waals surface area contributed by atoms with Crippen LogP contribution in [0.2, 0.25) is 0 Å². The monoisotopic (exact) mass is 388 g/mol. The summed E-state index contributed by atoms with van der Waals surface area (Å²) in [6.45, 7) is 8.65. The molecule has 5 nitrogen and oxygen atoms in total. The maximum atomic E-state index is 12.7. The molecule has 2 aromatic carbocycles. The maximum absolute atomic E-state index is 12.7. The number of amides is 1. The first kappa shape index (κ1) is 21.0. The zero-order valence-corrected chi connectivity index (χ0v) is 17.2. The van der Waals surface area contributed by atoms with Crippen LogP contribution in [0, 0.1) is 12.8 Å². The highest BCUT2D eigenvalue weighted by atomic mass is 32.2. The maximum Gasteiger partial charge on any atom is 0.261 e. The number of sulfonamides is 1. The Labute approximate surface area is 162 Å². The molecule has 0 aliphatic carbocycles. The molecule has 146 valence electrons. The Balaban J connectivity index is 2.15. The Bertz CT molecular complexity index is 888. The molecule has 0 unspecified atom stereocenters. The number of carbonyl (C=O) groups excluding carboxylic acids is 1. The van der Waals surface area contributed by atoms with Crippen molar-refractivity contribution in [3.63, 3.8) is 0 Å². The van der Waals surface area contributed by atoms with E-state index in [1.807, 2.05) is 32.0 Å². The molecule has 1 amide bonds. The molecule has 2 N–H and O–H groups in total. The molecule has 0 heterocycles. The minimum Gasteiger partial charge on any atom is -0.352 e. The molecule has 2 rings (SSSR count). The van der Waals surface area contributed by atoms with Crippen LogP contribution in [0.15, 0.2) is 47.4 Å². The van der Waals surface area contributed by atoms with Crippen LogP contribution in [-0.4, -0.2) is 20.9 Å². The first-order valence-corrected chi connectivity index (χ1v) is 10.7. The lowest BCUT2D eigenvalue weighted by Crippen LogP contribution is -2.25. The zero-order valence-electron chi connectivity index (χ0n) is 16.4. The summed E-state index contributed by atoms with van der Waals surface area (Å²) in [5.41, 5.74) is 2.89. The van der Waals surface area contributed by atoms with E-state index < -0.39 is 10.0 Å². The predicted octanol–water partition coefficient (Wildman–Crippen LogP) is 4.13. The van der Waals surface area contributed by atoms with Gasteiger partial charge in [-0.05, 0) is 61.1 Å². The number of hydrogen-bond acceptors (Lipinski definition) is 3. The summed E-state index contributed by atoms with van der Waals surface area (Å²) in [5.74, 6) is 0.318. The summed E-state index contributed by atoms with van der Waals surface area (Å²) in [5, 5.41) is 2.85. The van der Waals surface area contributed by atoms with E-state index in [0.29, 0.717) is 23.7 Å². The van der Waals surface area contributed by atoms with Crippen molar-refractivity contribution in [3.8, 4) is 0 Å². The molecule has 0 bridgehead atoms. The summed E-state index contributed by atoms with van der Waals surface area (Å²) in [6.07, 6.45) is 1.63. The van der Waals surface area contributed by atoms with E-state index in [1.54, 1.807) is 0 Å². The number of carbonyl (C=O) groups is 1. The fraction of sp³-hybridized carbons (Fsp3) is 0.381. The van der Waals surface area contributed by atoms with Gasteiger partial charge in [-0.3, -0.25) is 9.52 Å². The van der Waals surface area contributed by atoms with Gasteiger partial charge in [-0.1, -0.05) is 39.0 Å². The third kappa shape index (κ3) is 5.57. The van der Waals surface area contributed by atoms with Gasteiger partial charge >= 0.3 is 0 Å². The Morgan fingerprint density at radius 3 is 2.33 bits per heavy atom. The second-order valence-electron chi connectivity index (χ2n) is 7.03. The van der Waals surface area contributed by atoms with Gasteiger partial charge in [0.05, 0.1) is 10.6 Å². The molecule has 27 heavy (non-hydrogen) atoms. The number of aryl methyl sites for hydroxylation is 2. The van der Waals surface area contributed by atoms with E-state index in [4.69, 9.17) is 0 Å². The average molecular weight is 389 g/mol. The highest BCUT2D eigenvalue weighted by Gasteiger charge is 2.17. The lowest BCUT2D eigenvalue weighted by molar-refractivity contribution is 0.0952. The number of para-hydroxylation sites is 1. The van der Waals surface area contributed by atoms with Gasteiger partial charge in [-0.15, -0.1) is 0 Å². The van der Waals surface area contributed by atoms with Crippen LogP contribution in [-0.2, 0) is 16.4 Å². The minimum atomic E-state index is -3.72. The highest BCUT2D eigenvalue weighted by Crippen LogP contribution is 2.24. The van der Waals surface area contributed by atoms with Gasteiger partial charge in [0, 0.05) is 12.1 Å². The van der Waals surface area contributed by atoms with Crippen LogP contribution in [0.4, 0.5) is 5.69 Å². The first-order chi connectivity index (χ1) is 12.7. The fourth-order valence-corrected chi connectivity index (χ4v) is 3.90. The molecular formula is C21H28N2O3S. The van der Waals surface area contributed by atoms with E-state index in [1.165, 1.54) is 24.3 Å². The predicted molar refractivity (Wildman–Crippen MR) is 110 cm³/mol. The highest BCUT2D eigenvalue weighted by molar-refractivity contribution is 7.92. The number of rotatable bonds is 8. The third-order valence-corrected chi connectivity index (χ3v) is 5.78. The number of benzene rings is 2. The molecule has 0 aromatic heterocycles. The molecule has 0 atom stereocenters. The van der Waals surface area contributed by atoms with Crippen molar-refractivity contribution in [2.75, 3.05) is 11.3 Å². The Morgan fingerprint density at radius 1 is 1.07 bits per heavy atom. The van der Waals surface area contributed by atoms with E-state index in [-0.39, 0.29) is 10.8 Å². The Morgan fingerprint density at radius 2 is 1.74 bits per heavy atom. The summed E-state index contributed by atoms with van der Waals surface area (Å²) in [7, 11) is -3.72. The molecule has 0 saturated carbocycles. The van der Waals surface area contributed by atoms with E-state index in [0.717, 1.165) is 24.0 Å². The molecule has 0 aliphatic rings. The third-order valence-electron chi connectivity index (χ3n) is 4.41. The van der Waals surface area contributed by atoms with Crippen molar-refractivity contribution in [2.24, 2.45) is 5.92 Å². The molecule has 0 spiro atoms. The van der Waals surface area contributed by atoms with Gasteiger partial charge in [-0.2, -0.15) is 0 Å². The largest absolute Gasteiger partial charge is 0.352 e. The van der Waals surface area contributed by atoms with Crippen LogP contribution in [0.25, 0.3) is 0 Å². The van der Waals surface area contributed by atoms with Crippen LogP contribution >= 0.6 is 0 Å². The van der Waals surface area contributed by atoms with Crippen LogP contribution in [0.1, 0.15) is 48.7 Å². The van der Waals surface area contributed by atoms with Gasteiger partial charge in [0.2, 0.25) is 0 Å². The second kappa shape index (κ2) is 9.04. The van der Waals surface area contributed by atoms with Gasteiger partial charge in [-0.25, -0.2) is 8.42 Å².